The van der Waals surface area contributed by atoms with Gasteiger partial charge in [-0.3, -0.25) is 19.2 Å². The predicted molar refractivity (Wildman–Crippen MR) is 118 cm³/mol. The summed E-state index contributed by atoms with van der Waals surface area (Å²) in [5, 5.41) is 8.75. The molecule has 33 heavy (non-hydrogen) atoms. The second-order valence-corrected chi connectivity index (χ2v) is 8.83. The molecule has 0 aromatic heterocycles. The van der Waals surface area contributed by atoms with E-state index in [9.17, 15) is 23.6 Å². The van der Waals surface area contributed by atoms with Gasteiger partial charge in [-0.2, -0.15) is 0 Å². The van der Waals surface area contributed by atoms with Crippen LogP contribution in [-0.4, -0.2) is 84.8 Å². The van der Waals surface area contributed by atoms with Crippen LogP contribution >= 0.6 is 0 Å². The van der Waals surface area contributed by atoms with Gasteiger partial charge >= 0.3 is 0 Å². The van der Waals surface area contributed by atoms with Crippen molar-refractivity contribution in [2.45, 2.75) is 37.8 Å². The molecule has 3 saturated heterocycles. The normalized spacial score (nSPS) is 24.2. The average Bonchev–Trinajstić information content (AvgIpc) is 2.84. The Morgan fingerprint density at radius 3 is 2.58 bits per heavy atom. The lowest BCUT2D eigenvalue weighted by atomic mass is 9.95. The van der Waals surface area contributed by atoms with Gasteiger partial charge in [-0.1, -0.05) is 6.07 Å². The molecule has 3 fully saturated rings. The molecule has 0 saturated carbocycles. The van der Waals surface area contributed by atoms with Crippen molar-refractivity contribution in [3.63, 3.8) is 0 Å². The van der Waals surface area contributed by atoms with E-state index in [2.05, 4.69) is 16.0 Å². The topological polar surface area (TPSA) is 111 Å². The van der Waals surface area contributed by atoms with Crippen LogP contribution in [0, 0.1) is 11.7 Å². The van der Waals surface area contributed by atoms with Gasteiger partial charge in [-0.05, 0) is 57.0 Å². The minimum atomic E-state index is -0.909. The third-order valence-corrected chi connectivity index (χ3v) is 6.62. The van der Waals surface area contributed by atoms with Crippen LogP contribution < -0.4 is 16.0 Å². The van der Waals surface area contributed by atoms with Crippen molar-refractivity contribution >= 4 is 23.6 Å². The maximum atomic E-state index is 13.6. The van der Waals surface area contributed by atoms with Crippen LogP contribution in [0.15, 0.2) is 24.3 Å². The van der Waals surface area contributed by atoms with Gasteiger partial charge in [0.15, 0.2) is 0 Å². The minimum absolute atomic E-state index is 0.00771. The number of benzene rings is 1. The fraction of sp³-hybridized carbons (Fsp3) is 0.565. The molecule has 0 spiro atoms. The molecule has 3 N–H and O–H groups in total. The number of nitrogens with one attached hydrogen (secondary N) is 3. The zero-order valence-corrected chi connectivity index (χ0v) is 18.5. The Kier molecular flexibility index (Phi) is 7.22. The van der Waals surface area contributed by atoms with E-state index in [1.165, 1.54) is 23.1 Å². The third kappa shape index (κ3) is 5.32. The standard InChI is InChI=1S/C23H30FN5O4/c24-17-4-1-3-16(13-17)22(32)28-11-12-29(23(33)15-6-9-25-10-7-15)19(14-28)21(31)27-18-5-2-8-26-20(18)30/h1,3-4,13,15,18-19,25H,2,5-12,14H2,(H,26,30)(H,27,31)/t18-,19+/m1/s1. The molecule has 178 valence electrons. The predicted octanol–water partition coefficient (Wildman–Crippen LogP) is -0.127. The monoisotopic (exact) mass is 459 g/mol. The highest BCUT2D eigenvalue weighted by atomic mass is 19.1. The smallest absolute Gasteiger partial charge is 0.254 e. The number of nitrogens with zero attached hydrogens (tertiary/aromatic N) is 2. The Morgan fingerprint density at radius 1 is 1.06 bits per heavy atom. The number of amides is 4. The first-order chi connectivity index (χ1) is 15.9. The zero-order valence-electron chi connectivity index (χ0n) is 18.5. The summed E-state index contributed by atoms with van der Waals surface area (Å²) >= 11 is 0. The van der Waals surface area contributed by atoms with Crippen molar-refractivity contribution in [2.24, 2.45) is 5.92 Å². The molecule has 0 aliphatic carbocycles. The molecule has 10 heteroatoms. The summed E-state index contributed by atoms with van der Waals surface area (Å²) in [7, 11) is 0. The molecular weight excluding hydrogens is 429 g/mol. The summed E-state index contributed by atoms with van der Waals surface area (Å²) in [4.78, 5) is 54.8. The summed E-state index contributed by atoms with van der Waals surface area (Å²) in [5.74, 6) is -1.87. The number of piperidine rings is 2. The molecule has 0 radical (unpaired) electrons. The lowest BCUT2D eigenvalue weighted by Gasteiger charge is -2.42. The summed E-state index contributed by atoms with van der Waals surface area (Å²) in [5.41, 5.74) is 0.193. The summed E-state index contributed by atoms with van der Waals surface area (Å²) in [6, 6.07) is 3.85. The maximum Gasteiger partial charge on any atom is 0.254 e. The van der Waals surface area contributed by atoms with Gasteiger partial charge in [0.2, 0.25) is 17.7 Å². The summed E-state index contributed by atoms with van der Waals surface area (Å²) in [6.07, 6.45) is 2.67. The van der Waals surface area contributed by atoms with Gasteiger partial charge in [0.25, 0.3) is 5.91 Å². The van der Waals surface area contributed by atoms with E-state index in [1.807, 2.05) is 0 Å². The van der Waals surface area contributed by atoms with E-state index in [0.29, 0.717) is 25.8 Å². The molecule has 3 aliphatic rings. The van der Waals surface area contributed by atoms with Crippen LogP contribution in [0.1, 0.15) is 36.0 Å². The highest BCUT2D eigenvalue weighted by molar-refractivity contribution is 5.96. The number of piperazine rings is 1. The van der Waals surface area contributed by atoms with Crippen LogP contribution in [0.5, 0.6) is 0 Å². The van der Waals surface area contributed by atoms with E-state index in [1.54, 1.807) is 4.90 Å². The second-order valence-electron chi connectivity index (χ2n) is 8.83. The highest BCUT2D eigenvalue weighted by Crippen LogP contribution is 2.21. The zero-order chi connectivity index (χ0) is 23.4. The lowest BCUT2D eigenvalue weighted by Crippen LogP contribution is -2.64. The molecular formula is C23H30FN5O4. The molecule has 2 atom stereocenters. The fourth-order valence-corrected chi connectivity index (χ4v) is 4.74. The van der Waals surface area contributed by atoms with E-state index in [0.717, 1.165) is 25.6 Å². The highest BCUT2D eigenvalue weighted by Gasteiger charge is 2.40. The van der Waals surface area contributed by atoms with Crippen molar-refractivity contribution in [1.82, 2.24) is 25.8 Å². The second kappa shape index (κ2) is 10.3. The van der Waals surface area contributed by atoms with Crippen LogP contribution in [0.2, 0.25) is 0 Å². The Morgan fingerprint density at radius 2 is 1.85 bits per heavy atom. The SMILES string of the molecule is O=C1NCCC[C@H]1NC(=O)[C@@H]1CN(C(=O)c2cccc(F)c2)CCN1C(=O)C1CCNCC1. The van der Waals surface area contributed by atoms with Gasteiger partial charge in [0.05, 0.1) is 6.54 Å². The van der Waals surface area contributed by atoms with Gasteiger partial charge in [-0.25, -0.2) is 4.39 Å². The first-order valence-electron chi connectivity index (χ1n) is 11.6. The fourth-order valence-electron chi connectivity index (χ4n) is 4.74. The number of hydrogen-bond acceptors (Lipinski definition) is 5. The number of carbonyl (C=O) groups excluding carboxylic acids is 4. The molecule has 3 aliphatic heterocycles. The first-order valence-corrected chi connectivity index (χ1v) is 11.6. The van der Waals surface area contributed by atoms with Crippen LogP contribution in [0.3, 0.4) is 0 Å². The van der Waals surface area contributed by atoms with E-state index >= 15 is 0 Å². The molecule has 1 aromatic rings. The van der Waals surface area contributed by atoms with Gasteiger partial charge < -0.3 is 25.8 Å². The molecule has 9 nitrogen and oxygen atoms in total. The Hall–Kier alpha value is -3.01. The van der Waals surface area contributed by atoms with Crippen LogP contribution in [0.4, 0.5) is 4.39 Å². The first kappa shape index (κ1) is 23.2. The lowest BCUT2D eigenvalue weighted by molar-refractivity contribution is -0.147. The molecule has 3 heterocycles. The number of hydrogen-bond donors (Lipinski definition) is 3. The summed E-state index contributed by atoms with van der Waals surface area (Å²) in [6.45, 7) is 2.51. The van der Waals surface area contributed by atoms with Crippen molar-refractivity contribution in [3.05, 3.63) is 35.6 Å². The van der Waals surface area contributed by atoms with Crippen molar-refractivity contribution in [2.75, 3.05) is 39.3 Å². The Bertz CT molecular complexity index is 920. The van der Waals surface area contributed by atoms with Gasteiger partial charge in [0.1, 0.15) is 17.9 Å². The number of rotatable bonds is 4. The Balaban J connectivity index is 1.52. The molecule has 4 amide bonds. The van der Waals surface area contributed by atoms with Crippen molar-refractivity contribution < 1.29 is 23.6 Å². The summed E-state index contributed by atoms with van der Waals surface area (Å²) < 4.78 is 13.6. The largest absolute Gasteiger partial charge is 0.354 e. The van der Waals surface area contributed by atoms with Crippen molar-refractivity contribution in [3.8, 4) is 0 Å². The molecule has 0 unspecified atom stereocenters. The average molecular weight is 460 g/mol. The van der Waals surface area contributed by atoms with Gasteiger partial charge in [0, 0.05) is 31.1 Å². The van der Waals surface area contributed by atoms with E-state index in [4.69, 9.17) is 0 Å². The van der Waals surface area contributed by atoms with E-state index < -0.39 is 29.7 Å². The van der Waals surface area contributed by atoms with Crippen LogP contribution in [0.25, 0.3) is 0 Å². The number of carbonyl (C=O) groups is 4. The quantitative estimate of drug-likeness (QED) is 0.581. The molecule has 4 rings (SSSR count). The molecule has 0 bridgehead atoms. The Labute approximate surface area is 192 Å². The van der Waals surface area contributed by atoms with E-state index in [-0.39, 0.29) is 42.9 Å². The van der Waals surface area contributed by atoms with Gasteiger partial charge in [-0.15, -0.1) is 0 Å². The molecule has 1 aromatic carbocycles. The minimum Gasteiger partial charge on any atom is -0.354 e. The van der Waals surface area contributed by atoms with Crippen LogP contribution in [-0.2, 0) is 14.4 Å². The van der Waals surface area contributed by atoms with Crippen molar-refractivity contribution in [1.29, 1.82) is 0 Å². The number of halogens is 1. The third-order valence-electron chi connectivity index (χ3n) is 6.62. The maximum absolute atomic E-state index is 13.6.